The van der Waals surface area contributed by atoms with Gasteiger partial charge in [-0.2, -0.15) is 13.2 Å². The molecule has 2 aliphatic heterocycles. The van der Waals surface area contributed by atoms with Crippen molar-refractivity contribution >= 4 is 61.4 Å². The lowest BCUT2D eigenvalue weighted by Gasteiger charge is -2.14. The van der Waals surface area contributed by atoms with Crippen molar-refractivity contribution < 1.29 is 35.5 Å². The number of carbonyl (C=O) groups is 1. The molecule has 0 saturated carbocycles. The van der Waals surface area contributed by atoms with E-state index in [4.69, 9.17) is 0 Å². The van der Waals surface area contributed by atoms with Crippen molar-refractivity contribution in [2.75, 3.05) is 24.7 Å². The molecule has 1 amide bonds. The van der Waals surface area contributed by atoms with E-state index in [-0.39, 0.29) is 10.8 Å². The highest BCUT2D eigenvalue weighted by Crippen LogP contribution is 2.51. The normalized spacial score (nSPS) is 18.1. The van der Waals surface area contributed by atoms with Gasteiger partial charge >= 0.3 is 12.1 Å². The third kappa shape index (κ3) is 6.08. The first-order chi connectivity index (χ1) is 16.3. The fraction of sp³-hybridized carbons (Fsp3) is 0.273. The van der Waals surface area contributed by atoms with Crippen LogP contribution in [0.3, 0.4) is 0 Å². The van der Waals surface area contributed by atoms with Gasteiger partial charge in [-0.05, 0) is 50.4 Å². The van der Waals surface area contributed by atoms with Crippen molar-refractivity contribution in [1.82, 2.24) is 0 Å². The molecule has 35 heavy (non-hydrogen) atoms. The molecule has 0 N–H and O–H groups in total. The average Bonchev–Trinajstić information content (AvgIpc) is 3.28. The number of carbonyl (C=O) groups excluding carboxylic acids is 1. The number of hydrogen-bond donors (Lipinski definition) is 0. The van der Waals surface area contributed by atoms with E-state index >= 15 is 0 Å². The minimum Gasteiger partial charge on any atom is -0.744 e. The summed E-state index contributed by atoms with van der Waals surface area (Å²) >= 11 is 4.10. The van der Waals surface area contributed by atoms with Gasteiger partial charge in [0.2, 0.25) is 0 Å². The summed E-state index contributed by atoms with van der Waals surface area (Å²) in [6.07, 6.45) is -2.47. The largest absolute Gasteiger partial charge is 0.744 e. The molecule has 0 atom stereocenters. The van der Waals surface area contributed by atoms with Crippen molar-refractivity contribution in [1.29, 1.82) is 0 Å². The minimum absolute atomic E-state index is 0.0925. The molecule has 188 valence electrons. The van der Waals surface area contributed by atoms with Crippen molar-refractivity contribution in [2.45, 2.75) is 29.8 Å². The molecule has 2 aliphatic rings. The van der Waals surface area contributed by atoms with E-state index in [1.165, 1.54) is 53.5 Å². The van der Waals surface area contributed by atoms with Crippen LogP contribution in [0.5, 0.6) is 0 Å². The second-order valence-corrected chi connectivity index (χ2v) is 11.8. The Hall–Kier alpha value is -1.93. The lowest BCUT2D eigenvalue weighted by molar-refractivity contribution is -0.433. The number of nitrogens with zero attached hydrogens (tertiary/aromatic N) is 2. The molecule has 0 unspecified atom stereocenters. The van der Waals surface area contributed by atoms with Crippen molar-refractivity contribution in [3.8, 4) is 0 Å². The molecule has 13 heteroatoms. The van der Waals surface area contributed by atoms with Crippen LogP contribution in [0.15, 0.2) is 62.2 Å². The predicted octanol–water partition coefficient (Wildman–Crippen LogP) is 5.34. The number of anilines is 1. The highest BCUT2D eigenvalue weighted by molar-refractivity contribution is 8.40. The number of alkyl halides is 3. The molecule has 0 aromatic heterocycles. The number of amides is 1. The van der Waals surface area contributed by atoms with Crippen LogP contribution in [0.2, 0.25) is 0 Å². The minimum atomic E-state index is -4.37. The summed E-state index contributed by atoms with van der Waals surface area (Å²) < 4.78 is 72.5. The van der Waals surface area contributed by atoms with Gasteiger partial charge < -0.3 is 9.45 Å². The highest BCUT2D eigenvalue weighted by Gasteiger charge is 2.42. The number of benzene rings is 2. The summed E-state index contributed by atoms with van der Waals surface area (Å²) in [6, 6.07) is 9.46. The van der Waals surface area contributed by atoms with Gasteiger partial charge in [-0.3, -0.25) is 0 Å². The summed E-state index contributed by atoms with van der Waals surface area (Å²) in [4.78, 5) is 15.3. The van der Waals surface area contributed by atoms with Crippen LogP contribution in [0, 0.1) is 6.92 Å². The van der Waals surface area contributed by atoms with E-state index in [9.17, 15) is 30.9 Å². The van der Waals surface area contributed by atoms with E-state index in [0.29, 0.717) is 27.1 Å². The van der Waals surface area contributed by atoms with Gasteiger partial charge in [0, 0.05) is 23.7 Å². The number of likely N-dealkylation sites (N-methyl/N-ethyl adjacent to an activating group) is 1. The molecule has 0 saturated heterocycles. The first-order valence-corrected chi connectivity index (χ1v) is 14.3. The van der Waals surface area contributed by atoms with Gasteiger partial charge in [0.25, 0.3) is 4.38 Å². The van der Waals surface area contributed by atoms with Gasteiger partial charge in [0.05, 0.1) is 16.1 Å². The Labute approximate surface area is 214 Å². The SMILES string of the molecule is CC[N+]1=C(SC)S/C(=C2/Sc3cc(C(F)(F)F)ccc3N2C)C1=O.Cc1ccc(S(=O)(=O)[O-])cc1. The fourth-order valence-electron chi connectivity index (χ4n) is 3.19. The summed E-state index contributed by atoms with van der Waals surface area (Å²) in [6.45, 7) is 4.29. The molecule has 2 aromatic rings. The smallest absolute Gasteiger partial charge is 0.430 e. The lowest BCUT2D eigenvalue weighted by atomic mass is 10.2. The number of thioether (sulfide) groups is 3. The maximum Gasteiger partial charge on any atom is 0.430 e. The third-order valence-corrected chi connectivity index (χ3v) is 9.49. The van der Waals surface area contributed by atoms with E-state index in [1.54, 1.807) is 28.7 Å². The summed E-state index contributed by atoms with van der Waals surface area (Å²) in [7, 11) is -2.50. The quantitative estimate of drug-likeness (QED) is 0.276. The zero-order valence-electron chi connectivity index (χ0n) is 19.0. The Bertz CT molecular complexity index is 1320. The Balaban J connectivity index is 0.000000261. The summed E-state index contributed by atoms with van der Waals surface area (Å²) in [5.41, 5.74) is 0.937. The van der Waals surface area contributed by atoms with Crippen molar-refractivity contribution in [3.05, 3.63) is 63.5 Å². The van der Waals surface area contributed by atoms with E-state index in [1.807, 2.05) is 20.1 Å². The monoisotopic (exact) mass is 562 g/mol. The lowest BCUT2D eigenvalue weighted by Crippen LogP contribution is -2.21. The summed E-state index contributed by atoms with van der Waals surface area (Å²) in [5, 5.41) is 0.682. The Kier molecular flexibility index (Phi) is 8.37. The van der Waals surface area contributed by atoms with Crippen LogP contribution in [0.25, 0.3) is 0 Å². The van der Waals surface area contributed by atoms with Crippen LogP contribution < -0.4 is 4.90 Å². The molecule has 2 aromatic carbocycles. The van der Waals surface area contributed by atoms with Crippen LogP contribution in [0.4, 0.5) is 18.9 Å². The number of halogens is 3. The molecule has 0 bridgehead atoms. The zero-order chi connectivity index (χ0) is 26.1. The van der Waals surface area contributed by atoms with Crippen LogP contribution >= 0.6 is 35.3 Å². The molecule has 0 fully saturated rings. The maximum absolute atomic E-state index is 12.9. The van der Waals surface area contributed by atoms with Gasteiger partial charge in [-0.25, -0.2) is 13.2 Å². The zero-order valence-corrected chi connectivity index (χ0v) is 22.3. The second-order valence-electron chi connectivity index (χ2n) is 7.36. The number of aryl methyl sites for hydroxylation is 1. The molecule has 4 rings (SSSR count). The van der Waals surface area contributed by atoms with Gasteiger partial charge in [-0.1, -0.05) is 41.2 Å². The van der Waals surface area contributed by atoms with Crippen LogP contribution in [-0.2, 0) is 21.1 Å². The molecule has 6 nitrogen and oxygen atoms in total. The number of hydrogen-bond acceptors (Lipinski definition) is 8. The fourth-order valence-corrected chi connectivity index (χ4v) is 6.96. The van der Waals surface area contributed by atoms with Crippen LogP contribution in [0.1, 0.15) is 18.1 Å². The van der Waals surface area contributed by atoms with Crippen molar-refractivity contribution in [3.63, 3.8) is 0 Å². The molecule has 0 radical (unpaired) electrons. The molecular formula is C22H21F3N2O4S4. The molecule has 0 spiro atoms. The van der Waals surface area contributed by atoms with Gasteiger partial charge in [-0.15, -0.1) is 4.58 Å². The molecule has 0 aliphatic carbocycles. The van der Waals surface area contributed by atoms with E-state index in [0.717, 1.165) is 22.1 Å². The highest BCUT2D eigenvalue weighted by atomic mass is 32.2. The number of rotatable bonds is 2. The predicted molar refractivity (Wildman–Crippen MR) is 134 cm³/mol. The van der Waals surface area contributed by atoms with E-state index < -0.39 is 21.9 Å². The molecular weight excluding hydrogens is 542 g/mol. The molecule has 2 heterocycles. The summed E-state index contributed by atoms with van der Waals surface area (Å²) in [5.74, 6) is -0.0925. The first kappa shape index (κ1) is 27.7. The third-order valence-electron chi connectivity index (χ3n) is 5.00. The van der Waals surface area contributed by atoms with Gasteiger partial charge in [0.1, 0.15) is 15.1 Å². The number of fused-ring (bicyclic) bond motifs is 1. The standard InChI is InChI=1S/C15H14F3N2OS3.C7H8O3S/c1-4-20-12(21)11(24-14(20)22-3)13-19(2)9-6-5-8(15(16,17)18)7-10(9)23-13;1-6-2-4-7(5-3-6)11(8,9)10/h5-7H,4H2,1-3H3;2-5H,1H3,(H,8,9,10)/q+1;/p-1/b13-11+;. The average molecular weight is 563 g/mol. The maximum atomic E-state index is 12.9. The second kappa shape index (κ2) is 10.6. The Morgan fingerprint density at radius 3 is 2.23 bits per heavy atom. The first-order valence-electron chi connectivity index (χ1n) is 10.1. The van der Waals surface area contributed by atoms with Crippen molar-refractivity contribution in [2.24, 2.45) is 0 Å². The Morgan fingerprint density at radius 1 is 1.11 bits per heavy atom. The van der Waals surface area contributed by atoms with Gasteiger partial charge in [0.15, 0.2) is 11.4 Å². The van der Waals surface area contributed by atoms with E-state index in [2.05, 4.69) is 0 Å². The topological polar surface area (TPSA) is 80.5 Å². The van der Waals surface area contributed by atoms with Crippen LogP contribution in [-0.4, -0.2) is 47.7 Å². The Morgan fingerprint density at radius 2 is 1.74 bits per heavy atom.